The first kappa shape index (κ1) is 12.8. The van der Waals surface area contributed by atoms with E-state index in [1.54, 1.807) is 0 Å². The Labute approximate surface area is 73.6 Å². The molecule has 0 unspecified atom stereocenters. The van der Waals surface area contributed by atoms with Gasteiger partial charge in [-0.15, -0.1) is 0 Å². The van der Waals surface area contributed by atoms with Gasteiger partial charge in [0.15, 0.2) is 13.2 Å². The molecule has 0 saturated heterocycles. The second-order valence-corrected chi connectivity index (χ2v) is 2.06. The molecular formula is C5H4F6O3. The van der Waals surface area contributed by atoms with E-state index < -0.39 is 31.7 Å². The van der Waals surface area contributed by atoms with E-state index in [0.29, 0.717) is 0 Å². The van der Waals surface area contributed by atoms with Crippen LogP contribution in [-0.4, -0.2) is 31.7 Å². The minimum Gasteiger partial charge on any atom is -0.425 e. The zero-order valence-electron chi connectivity index (χ0n) is 6.41. The van der Waals surface area contributed by atoms with Gasteiger partial charge in [-0.25, -0.2) is 4.79 Å². The molecule has 0 aliphatic rings. The van der Waals surface area contributed by atoms with Crippen LogP contribution in [0.5, 0.6) is 0 Å². The predicted molar refractivity (Wildman–Crippen MR) is 29.4 cm³/mol. The Bertz CT molecular complexity index is 175. The number of rotatable bonds is 2. The molecule has 0 aliphatic heterocycles. The fraction of sp³-hybridized carbons (Fsp3) is 0.800. The molecule has 0 aromatic carbocycles. The van der Waals surface area contributed by atoms with Crippen molar-refractivity contribution in [3.63, 3.8) is 0 Å². The van der Waals surface area contributed by atoms with E-state index in [4.69, 9.17) is 0 Å². The van der Waals surface area contributed by atoms with Crippen molar-refractivity contribution in [1.82, 2.24) is 0 Å². The van der Waals surface area contributed by atoms with Crippen LogP contribution in [0.15, 0.2) is 0 Å². The molecule has 0 bridgehead atoms. The summed E-state index contributed by atoms with van der Waals surface area (Å²) >= 11 is 0. The molecule has 9 heteroatoms. The summed E-state index contributed by atoms with van der Waals surface area (Å²) in [4.78, 5) is 10.1. The maximum absolute atomic E-state index is 11.3. The highest BCUT2D eigenvalue weighted by atomic mass is 19.4. The van der Waals surface area contributed by atoms with Gasteiger partial charge in [0.25, 0.3) is 0 Å². The van der Waals surface area contributed by atoms with Gasteiger partial charge in [0, 0.05) is 0 Å². The number of carbonyl (C=O) groups is 1. The lowest BCUT2D eigenvalue weighted by atomic mass is 10.7. The van der Waals surface area contributed by atoms with Crippen molar-refractivity contribution in [2.45, 2.75) is 12.4 Å². The predicted octanol–water partition coefficient (Wildman–Crippen LogP) is 2.26. The smallest absolute Gasteiger partial charge is 0.425 e. The van der Waals surface area contributed by atoms with Gasteiger partial charge in [0.2, 0.25) is 0 Å². The van der Waals surface area contributed by atoms with E-state index in [9.17, 15) is 31.1 Å². The van der Waals surface area contributed by atoms with E-state index in [-0.39, 0.29) is 0 Å². The maximum atomic E-state index is 11.3. The molecule has 84 valence electrons. The van der Waals surface area contributed by atoms with Crippen molar-refractivity contribution in [2.24, 2.45) is 0 Å². The van der Waals surface area contributed by atoms with Crippen LogP contribution in [0.3, 0.4) is 0 Å². The number of halogens is 6. The van der Waals surface area contributed by atoms with Gasteiger partial charge in [-0.05, 0) is 0 Å². The summed E-state index contributed by atoms with van der Waals surface area (Å²) < 4.78 is 74.6. The van der Waals surface area contributed by atoms with Gasteiger partial charge in [-0.3, -0.25) is 0 Å². The van der Waals surface area contributed by atoms with Crippen LogP contribution < -0.4 is 0 Å². The molecule has 0 amide bonds. The first-order valence-corrected chi connectivity index (χ1v) is 3.03. The Kier molecular flexibility index (Phi) is 4.02. The topological polar surface area (TPSA) is 35.5 Å². The summed E-state index contributed by atoms with van der Waals surface area (Å²) in [6.07, 6.45) is -11.6. The second-order valence-electron chi connectivity index (χ2n) is 2.06. The zero-order valence-corrected chi connectivity index (χ0v) is 6.41. The summed E-state index contributed by atoms with van der Waals surface area (Å²) in [5.74, 6) is 0. The zero-order chi connectivity index (χ0) is 11.4. The highest BCUT2D eigenvalue weighted by Crippen LogP contribution is 2.17. The van der Waals surface area contributed by atoms with E-state index in [1.165, 1.54) is 0 Å². The van der Waals surface area contributed by atoms with Gasteiger partial charge in [-0.1, -0.05) is 0 Å². The lowest BCUT2D eigenvalue weighted by molar-refractivity contribution is -0.182. The minimum atomic E-state index is -4.79. The quantitative estimate of drug-likeness (QED) is 0.535. The second kappa shape index (κ2) is 4.38. The molecule has 0 aromatic heterocycles. The SMILES string of the molecule is O=C(OCC(F)(F)F)OCC(F)(F)F. The fourth-order valence-corrected chi connectivity index (χ4v) is 0.323. The molecule has 3 nitrogen and oxygen atoms in total. The van der Waals surface area contributed by atoms with E-state index in [2.05, 4.69) is 9.47 Å². The van der Waals surface area contributed by atoms with Crippen LogP contribution in [0.2, 0.25) is 0 Å². The van der Waals surface area contributed by atoms with Crippen molar-refractivity contribution in [1.29, 1.82) is 0 Å². The molecule has 0 spiro atoms. The van der Waals surface area contributed by atoms with Crippen LogP contribution >= 0.6 is 0 Å². The molecular weight excluding hydrogens is 222 g/mol. The average molecular weight is 226 g/mol. The van der Waals surface area contributed by atoms with Crippen LogP contribution in [-0.2, 0) is 9.47 Å². The maximum Gasteiger partial charge on any atom is 0.508 e. The van der Waals surface area contributed by atoms with E-state index in [0.717, 1.165) is 0 Å². The summed E-state index contributed by atoms with van der Waals surface area (Å²) in [6, 6.07) is 0. The number of hydrogen-bond donors (Lipinski definition) is 0. The summed E-state index contributed by atoms with van der Waals surface area (Å²) in [5, 5.41) is 0. The third kappa shape index (κ3) is 8.94. The Hall–Kier alpha value is -1.15. The standard InChI is InChI=1S/C5H4F6O3/c6-4(7,8)1-13-3(12)14-2-5(9,10)11/h1-2H2. The summed E-state index contributed by atoms with van der Waals surface area (Å²) in [6.45, 7) is -3.96. The highest BCUT2D eigenvalue weighted by molar-refractivity contribution is 5.59. The first-order valence-electron chi connectivity index (χ1n) is 3.03. The summed E-state index contributed by atoms with van der Waals surface area (Å²) in [5.41, 5.74) is 0. The largest absolute Gasteiger partial charge is 0.508 e. The molecule has 0 N–H and O–H groups in total. The lowest BCUT2D eigenvalue weighted by Crippen LogP contribution is -2.24. The van der Waals surface area contributed by atoms with Gasteiger partial charge in [-0.2, -0.15) is 26.3 Å². The van der Waals surface area contributed by atoms with Crippen molar-refractivity contribution in [3.8, 4) is 0 Å². The number of alkyl halides is 6. The molecule has 0 heterocycles. The molecule has 0 aromatic rings. The minimum absolute atomic E-state index is 1.98. The first-order chi connectivity index (χ1) is 6.10. The van der Waals surface area contributed by atoms with Crippen LogP contribution in [0, 0.1) is 0 Å². The highest BCUT2D eigenvalue weighted by Gasteiger charge is 2.32. The molecule has 0 saturated carbocycles. The van der Waals surface area contributed by atoms with Gasteiger partial charge in [0.1, 0.15) is 0 Å². The number of hydrogen-bond acceptors (Lipinski definition) is 3. The van der Waals surface area contributed by atoms with E-state index >= 15 is 0 Å². The van der Waals surface area contributed by atoms with Crippen LogP contribution in [0.4, 0.5) is 31.1 Å². The van der Waals surface area contributed by atoms with Crippen LogP contribution in [0.25, 0.3) is 0 Å². The van der Waals surface area contributed by atoms with Gasteiger partial charge in [0.05, 0.1) is 0 Å². The number of carbonyl (C=O) groups excluding carboxylic acids is 1. The lowest BCUT2D eigenvalue weighted by Gasteiger charge is -2.09. The third-order valence-corrected chi connectivity index (χ3v) is 0.707. The molecule has 0 fully saturated rings. The van der Waals surface area contributed by atoms with E-state index in [1.807, 2.05) is 0 Å². The van der Waals surface area contributed by atoms with Crippen molar-refractivity contribution in [3.05, 3.63) is 0 Å². The fourth-order valence-electron chi connectivity index (χ4n) is 0.323. The van der Waals surface area contributed by atoms with Crippen molar-refractivity contribution in [2.75, 3.05) is 13.2 Å². The third-order valence-electron chi connectivity index (χ3n) is 0.707. The molecule has 14 heavy (non-hydrogen) atoms. The Morgan fingerprint density at radius 3 is 1.36 bits per heavy atom. The normalized spacial score (nSPS) is 12.4. The molecule has 0 atom stereocenters. The monoisotopic (exact) mass is 226 g/mol. The average Bonchev–Trinajstić information content (AvgIpc) is 1.94. The molecule has 0 radical (unpaired) electrons. The van der Waals surface area contributed by atoms with Crippen LogP contribution in [0.1, 0.15) is 0 Å². The Morgan fingerprint density at radius 1 is 0.857 bits per heavy atom. The molecule has 0 rings (SSSR count). The van der Waals surface area contributed by atoms with Gasteiger partial charge >= 0.3 is 18.5 Å². The molecule has 0 aliphatic carbocycles. The van der Waals surface area contributed by atoms with Gasteiger partial charge < -0.3 is 9.47 Å². The van der Waals surface area contributed by atoms with Crippen molar-refractivity contribution >= 4 is 6.16 Å². The van der Waals surface area contributed by atoms with Crippen molar-refractivity contribution < 1.29 is 40.6 Å². The summed E-state index contributed by atoms with van der Waals surface area (Å²) in [7, 11) is 0. The Balaban J connectivity index is 3.68. The Morgan fingerprint density at radius 2 is 1.14 bits per heavy atom. The number of ether oxygens (including phenoxy) is 2.